The molecule has 0 aliphatic carbocycles. The van der Waals surface area contributed by atoms with Crippen molar-refractivity contribution in [2.45, 2.75) is 0 Å². The summed E-state index contributed by atoms with van der Waals surface area (Å²) in [5.41, 5.74) is 23.0. The summed E-state index contributed by atoms with van der Waals surface area (Å²) in [6, 6.07) is 138. The Morgan fingerprint density at radius 3 is 1.41 bits per heavy atom. The molecule has 0 aliphatic heterocycles. The van der Waals surface area contributed by atoms with E-state index < -0.39 is 0 Å². The predicted molar refractivity (Wildman–Crippen MR) is 518 cm³/mol. The Morgan fingerprint density at radius 2 is 0.742 bits per heavy atom. The molecular formula is C113H63N7O2S2. The molecule has 0 saturated heterocycles. The number of para-hydroxylation sites is 1. The lowest BCUT2D eigenvalue weighted by molar-refractivity contribution is 0.654. The quantitative estimate of drug-likeness (QED) is 0.149. The molecule has 9 nitrogen and oxygen atoms in total. The third kappa shape index (κ3) is 11.0. The summed E-state index contributed by atoms with van der Waals surface area (Å²) in [5.74, 6) is 0. The van der Waals surface area contributed by atoms with E-state index in [1.165, 1.54) is 68.9 Å². The lowest BCUT2D eigenvalue weighted by atomic mass is 9.97. The molecule has 0 aliphatic rings. The van der Waals surface area contributed by atoms with Crippen LogP contribution < -0.4 is 0 Å². The summed E-state index contributed by atoms with van der Waals surface area (Å²) in [7, 11) is 0. The number of nitriles is 1. The van der Waals surface area contributed by atoms with E-state index in [1.54, 1.807) is 11.3 Å². The molecule has 124 heavy (non-hydrogen) atoms. The van der Waals surface area contributed by atoms with Crippen molar-refractivity contribution < 1.29 is 8.83 Å². The molecule has 0 amide bonds. The SMILES string of the molecule is N#Cc1cc(-c2nc3c(nc2-c2ccccc2)sc2ccc(-c4ccc5c(c4)oc4ccccc45)cc23)cc(-n2c3cc4ccccc4cc3c3ccc4ccccc4c32)c1.c1ccc(-c2nc3oc4cc(-c5ccc6sc7ccccc7c6c5)ccc4c3nc2-c2ccc(-n3c4cc5ccccc5cc4c4cc5ccccc5cc43)c3ccccc23)cc1. The van der Waals surface area contributed by atoms with Crippen molar-refractivity contribution in [2.24, 2.45) is 0 Å². The Kier molecular flexibility index (Phi) is 15.4. The highest BCUT2D eigenvalue weighted by Gasteiger charge is 2.27. The van der Waals surface area contributed by atoms with Crippen LogP contribution in [0.5, 0.6) is 0 Å². The molecule has 11 heteroatoms. The molecule has 27 rings (SSSR count). The minimum atomic E-state index is 0.523. The van der Waals surface area contributed by atoms with Crippen molar-refractivity contribution in [3.8, 4) is 84.7 Å². The van der Waals surface area contributed by atoms with Crippen LogP contribution in [0.3, 0.4) is 0 Å². The van der Waals surface area contributed by atoms with Gasteiger partial charge in [-0.2, -0.15) is 5.26 Å². The zero-order valence-electron chi connectivity index (χ0n) is 66.1. The standard InChI is InChI=1S/C58H33N3OS.C55H30N4OS/c1-2-12-34(13-3-1)55-56(59-57-45-24-22-40(33-52(45)62-58(57)60-55)39-23-27-54-48(30-39)43-20-10-11-21-53(43)63-54)44-25-26-49(42-19-9-8-18-41(42)44)61-50-31-37-16-6-4-14-35(37)28-46(50)47-29-36-15-5-7-17-38(36)32-51(47)61;56-31-32-24-39(26-40(25-32)59-47-29-36-14-5-4-13-35(36)27-45(47)44-22-18-33-10-6-7-15-41(33)54(44)59)52-51(34-11-2-1-3-12-34)58-55-53(57-52)46-28-37(20-23-50(46)61-55)38-19-21-43-42-16-8-9-17-48(42)60-49(43)30-38/h1-33H;1-30H. The second-order valence-electron chi connectivity index (χ2n) is 32.2. The van der Waals surface area contributed by atoms with Crippen LogP contribution in [0.4, 0.5) is 0 Å². The fourth-order valence-corrected chi connectivity index (χ4v) is 21.4. The van der Waals surface area contributed by atoms with E-state index >= 15 is 0 Å². The van der Waals surface area contributed by atoms with E-state index in [9.17, 15) is 5.26 Å². The summed E-state index contributed by atoms with van der Waals surface area (Å²) >= 11 is 3.48. The first-order valence-corrected chi connectivity index (χ1v) is 43.2. The normalized spacial score (nSPS) is 12.0. The van der Waals surface area contributed by atoms with Gasteiger partial charge in [-0.15, -0.1) is 22.7 Å². The molecule has 0 bridgehead atoms. The van der Waals surface area contributed by atoms with Gasteiger partial charge in [0.05, 0.1) is 56.5 Å². The molecule has 0 unspecified atom stereocenters. The predicted octanol–water partition coefficient (Wildman–Crippen LogP) is 31.3. The van der Waals surface area contributed by atoms with Crippen LogP contribution in [-0.2, 0) is 0 Å². The van der Waals surface area contributed by atoms with Crippen LogP contribution in [0.25, 0.3) is 261 Å². The van der Waals surface area contributed by atoms with Gasteiger partial charge in [0.25, 0.3) is 0 Å². The van der Waals surface area contributed by atoms with Gasteiger partial charge >= 0.3 is 0 Å². The van der Waals surface area contributed by atoms with Crippen LogP contribution in [0.2, 0.25) is 0 Å². The van der Waals surface area contributed by atoms with Crippen molar-refractivity contribution in [3.05, 3.63) is 388 Å². The van der Waals surface area contributed by atoms with Gasteiger partial charge in [0.15, 0.2) is 0 Å². The Morgan fingerprint density at radius 1 is 0.258 bits per heavy atom. The van der Waals surface area contributed by atoms with E-state index in [0.717, 1.165) is 186 Å². The number of benzene rings is 19. The summed E-state index contributed by atoms with van der Waals surface area (Å²) in [6.45, 7) is 0. The molecule has 8 heterocycles. The van der Waals surface area contributed by atoms with Crippen LogP contribution in [0.1, 0.15) is 5.56 Å². The minimum absolute atomic E-state index is 0.523. The number of hydrogen-bond acceptors (Lipinski definition) is 9. The third-order valence-corrected chi connectivity index (χ3v) is 27.3. The number of rotatable bonds is 8. The number of hydrogen-bond donors (Lipinski definition) is 0. The topological polar surface area (TPSA) is 111 Å². The van der Waals surface area contributed by atoms with Gasteiger partial charge in [0, 0.05) is 107 Å². The smallest absolute Gasteiger partial charge is 0.246 e. The number of thiophene rings is 2. The summed E-state index contributed by atoms with van der Waals surface area (Å²) < 4.78 is 21.4. The zero-order chi connectivity index (χ0) is 81.4. The van der Waals surface area contributed by atoms with Crippen molar-refractivity contribution in [3.63, 3.8) is 0 Å². The first-order chi connectivity index (χ1) is 61.3. The van der Waals surface area contributed by atoms with Gasteiger partial charge in [-0.25, -0.2) is 19.9 Å². The molecule has 19 aromatic carbocycles. The molecule has 574 valence electrons. The highest BCUT2D eigenvalue weighted by Crippen LogP contribution is 2.48. The Balaban J connectivity index is 0.000000133. The van der Waals surface area contributed by atoms with E-state index in [1.807, 2.05) is 65.9 Å². The summed E-state index contributed by atoms with van der Waals surface area (Å²) in [6.07, 6.45) is 0. The monoisotopic (exact) mass is 1610 g/mol. The van der Waals surface area contributed by atoms with Crippen molar-refractivity contribution in [1.82, 2.24) is 29.1 Å². The van der Waals surface area contributed by atoms with Crippen LogP contribution in [-0.4, -0.2) is 29.1 Å². The van der Waals surface area contributed by atoms with E-state index in [0.29, 0.717) is 11.3 Å². The molecule has 27 aromatic rings. The fraction of sp³-hybridized carbons (Fsp3) is 0. The lowest BCUT2D eigenvalue weighted by Gasteiger charge is -2.16. The Hall–Kier alpha value is -16.2. The van der Waals surface area contributed by atoms with E-state index in [-0.39, 0.29) is 0 Å². The van der Waals surface area contributed by atoms with Gasteiger partial charge in [0.1, 0.15) is 38.3 Å². The van der Waals surface area contributed by atoms with Crippen molar-refractivity contribution in [1.29, 1.82) is 5.26 Å². The molecule has 0 spiro atoms. The largest absolute Gasteiger partial charge is 0.456 e. The van der Waals surface area contributed by atoms with Crippen LogP contribution in [0.15, 0.2) is 391 Å². The highest BCUT2D eigenvalue weighted by molar-refractivity contribution is 7.26. The zero-order valence-corrected chi connectivity index (χ0v) is 67.8. The minimum Gasteiger partial charge on any atom is -0.456 e. The van der Waals surface area contributed by atoms with E-state index in [4.69, 9.17) is 28.8 Å². The summed E-state index contributed by atoms with van der Waals surface area (Å²) in [4.78, 5) is 22.7. The maximum Gasteiger partial charge on any atom is 0.246 e. The van der Waals surface area contributed by atoms with Crippen molar-refractivity contribution >= 4 is 205 Å². The molecule has 8 aromatic heterocycles. The molecule has 0 radical (unpaired) electrons. The molecular weight excluding hydrogens is 1550 g/mol. The van der Waals surface area contributed by atoms with Gasteiger partial charge in [0.2, 0.25) is 5.71 Å². The molecule has 0 atom stereocenters. The number of nitrogens with zero attached hydrogens (tertiary/aromatic N) is 7. The lowest BCUT2D eigenvalue weighted by Crippen LogP contribution is -1.99. The van der Waals surface area contributed by atoms with E-state index in [2.05, 4.69) is 343 Å². The number of aromatic nitrogens is 6. The van der Waals surface area contributed by atoms with Crippen LogP contribution >= 0.6 is 22.7 Å². The molecule has 0 fully saturated rings. The fourth-order valence-electron chi connectivity index (χ4n) is 19.3. The first kappa shape index (κ1) is 69.7. The second-order valence-corrected chi connectivity index (χ2v) is 34.3. The molecule has 0 N–H and O–H groups in total. The maximum atomic E-state index is 10.7. The van der Waals surface area contributed by atoms with Gasteiger partial charge in [-0.3, -0.25) is 0 Å². The number of furan rings is 2. The second kappa shape index (κ2) is 27.4. The number of fused-ring (bicyclic) bond motifs is 24. The Labute approximate surface area is 715 Å². The maximum absolute atomic E-state index is 10.7. The highest BCUT2D eigenvalue weighted by atomic mass is 32.1. The van der Waals surface area contributed by atoms with Crippen molar-refractivity contribution in [2.75, 3.05) is 0 Å². The van der Waals surface area contributed by atoms with Gasteiger partial charge in [-0.1, -0.05) is 255 Å². The average Bonchev–Trinajstić information content (AvgIpc) is 1.55. The van der Waals surface area contributed by atoms with Gasteiger partial charge < -0.3 is 18.0 Å². The average molecular weight is 1610 g/mol. The third-order valence-electron chi connectivity index (χ3n) is 25.1. The summed E-state index contributed by atoms with van der Waals surface area (Å²) in [5, 5.41) is 34.0. The Bertz CT molecular complexity index is 9210. The van der Waals surface area contributed by atoms with Gasteiger partial charge in [-0.05, 0) is 193 Å². The van der Waals surface area contributed by atoms with Crippen LogP contribution in [0, 0.1) is 11.3 Å². The molecule has 0 saturated carbocycles. The first-order valence-electron chi connectivity index (χ1n) is 41.6.